The number of phenols is 1. The summed E-state index contributed by atoms with van der Waals surface area (Å²) in [6, 6.07) is 17.0. The number of aromatic nitrogens is 2. The molecule has 3 aromatic rings. The molecule has 0 aliphatic carbocycles. The second-order valence-electron chi connectivity index (χ2n) is 8.63. The quantitative estimate of drug-likeness (QED) is 0.514. The Bertz CT molecular complexity index is 1300. The number of carbonyl (C=O) groups is 1. The number of aromatic hydroxyl groups is 1. The van der Waals surface area contributed by atoms with E-state index in [-0.39, 0.29) is 11.4 Å². The third-order valence-electron chi connectivity index (χ3n) is 6.02. The molecule has 0 unspecified atom stereocenters. The minimum atomic E-state index is -3.65. The minimum Gasteiger partial charge on any atom is -0.508 e. The third-order valence-corrected chi connectivity index (χ3v) is 6.57. The lowest BCUT2D eigenvalue weighted by atomic mass is 9.97. The van der Waals surface area contributed by atoms with Crippen LogP contribution >= 0.6 is 0 Å². The summed E-state index contributed by atoms with van der Waals surface area (Å²) in [5.74, 6) is 0.127. The molecule has 1 amide bonds. The average molecular weight is 496 g/mol. The lowest BCUT2D eigenvalue weighted by molar-refractivity contribution is 0.0976. The van der Waals surface area contributed by atoms with Gasteiger partial charge in [0.25, 0.3) is 5.91 Å². The number of phenolic OH excluding ortho intramolecular Hbond substituents is 1. The van der Waals surface area contributed by atoms with Crippen LogP contribution in [0.25, 0.3) is 11.1 Å². The molecule has 0 spiro atoms. The zero-order chi connectivity index (χ0) is 25.0. The summed E-state index contributed by atoms with van der Waals surface area (Å²) < 4.78 is 24.3. The van der Waals surface area contributed by atoms with Crippen LogP contribution < -0.4 is 9.62 Å². The number of benzene rings is 2. The van der Waals surface area contributed by atoms with Gasteiger partial charge in [-0.15, -0.1) is 10.2 Å². The van der Waals surface area contributed by atoms with Crippen molar-refractivity contribution in [3.8, 4) is 16.9 Å². The van der Waals surface area contributed by atoms with Crippen LogP contribution in [0.2, 0.25) is 0 Å². The summed E-state index contributed by atoms with van der Waals surface area (Å²) in [4.78, 5) is 16.4. The Morgan fingerprint density at radius 1 is 0.971 bits per heavy atom. The van der Waals surface area contributed by atoms with Crippen molar-refractivity contribution in [3.63, 3.8) is 0 Å². The fourth-order valence-electron chi connectivity index (χ4n) is 4.19. The highest BCUT2D eigenvalue weighted by Gasteiger charge is 2.20. The summed E-state index contributed by atoms with van der Waals surface area (Å²) in [5.41, 5.74) is 4.64. The Morgan fingerprint density at radius 3 is 2.34 bits per heavy atom. The Kier molecular flexibility index (Phi) is 7.32. The van der Waals surface area contributed by atoms with E-state index < -0.39 is 15.9 Å². The first-order valence-corrected chi connectivity index (χ1v) is 13.4. The number of nitrogens with one attached hydrogen (secondary N) is 1. The van der Waals surface area contributed by atoms with Crippen molar-refractivity contribution in [2.75, 3.05) is 37.3 Å². The zero-order valence-corrected chi connectivity index (χ0v) is 20.6. The van der Waals surface area contributed by atoms with Crippen LogP contribution in [0.5, 0.6) is 5.75 Å². The van der Waals surface area contributed by atoms with Gasteiger partial charge in [0.15, 0.2) is 11.5 Å². The smallest absolute Gasteiger partial charge is 0.285 e. The van der Waals surface area contributed by atoms with Gasteiger partial charge in [-0.2, -0.15) is 0 Å². The highest BCUT2D eigenvalue weighted by Crippen LogP contribution is 2.27. The van der Waals surface area contributed by atoms with E-state index >= 15 is 0 Å². The molecule has 0 radical (unpaired) electrons. The Morgan fingerprint density at radius 2 is 1.71 bits per heavy atom. The van der Waals surface area contributed by atoms with E-state index in [1.165, 1.54) is 17.2 Å². The number of hydrogen-bond acceptors (Lipinski definition) is 8. The van der Waals surface area contributed by atoms with E-state index in [1.807, 2.05) is 16.9 Å². The fraction of sp³-hybridized carbons (Fsp3) is 0.320. The van der Waals surface area contributed by atoms with Crippen molar-refractivity contribution < 1.29 is 18.3 Å². The van der Waals surface area contributed by atoms with Gasteiger partial charge in [-0.1, -0.05) is 37.3 Å². The molecule has 1 fully saturated rings. The van der Waals surface area contributed by atoms with Gasteiger partial charge in [0.2, 0.25) is 10.0 Å². The lowest BCUT2D eigenvalue weighted by Crippen LogP contribution is -2.46. The molecule has 35 heavy (non-hydrogen) atoms. The van der Waals surface area contributed by atoms with E-state index in [4.69, 9.17) is 0 Å². The highest BCUT2D eigenvalue weighted by molar-refractivity contribution is 7.89. The van der Waals surface area contributed by atoms with Gasteiger partial charge in [0, 0.05) is 32.7 Å². The molecule has 2 N–H and O–H groups in total. The molecule has 0 saturated carbocycles. The van der Waals surface area contributed by atoms with Crippen molar-refractivity contribution >= 4 is 21.7 Å². The zero-order valence-electron chi connectivity index (χ0n) is 19.8. The number of rotatable bonds is 7. The first kappa shape index (κ1) is 24.6. The number of amides is 1. The maximum Gasteiger partial charge on any atom is 0.285 e. The Hall–Kier alpha value is -3.50. The number of anilines is 1. The van der Waals surface area contributed by atoms with E-state index in [0.29, 0.717) is 5.82 Å². The predicted octanol–water partition coefficient (Wildman–Crippen LogP) is 2.42. The van der Waals surface area contributed by atoms with Gasteiger partial charge in [-0.3, -0.25) is 9.69 Å². The molecular weight excluding hydrogens is 466 g/mol. The van der Waals surface area contributed by atoms with Crippen LogP contribution in [0.1, 0.15) is 28.5 Å². The second kappa shape index (κ2) is 10.4. The molecule has 2 aromatic carbocycles. The normalized spacial score (nSPS) is 14.6. The summed E-state index contributed by atoms with van der Waals surface area (Å²) in [6.07, 6.45) is 1.84. The second-order valence-corrected chi connectivity index (χ2v) is 10.4. The minimum absolute atomic E-state index is 0.0425. The number of aryl methyl sites for hydroxylation is 1. The van der Waals surface area contributed by atoms with E-state index in [1.54, 1.807) is 18.2 Å². The molecule has 4 rings (SSSR count). The van der Waals surface area contributed by atoms with E-state index in [9.17, 15) is 18.3 Å². The largest absolute Gasteiger partial charge is 0.508 e. The van der Waals surface area contributed by atoms with Crippen molar-refractivity contribution in [3.05, 3.63) is 71.4 Å². The van der Waals surface area contributed by atoms with Crippen molar-refractivity contribution in [1.82, 2.24) is 19.8 Å². The maximum atomic E-state index is 11.9. The van der Waals surface area contributed by atoms with E-state index in [0.717, 1.165) is 56.5 Å². The van der Waals surface area contributed by atoms with Crippen molar-refractivity contribution in [2.45, 2.75) is 19.9 Å². The Labute approximate surface area is 205 Å². The molecule has 1 aliphatic heterocycles. The number of hydrogen-bond donors (Lipinski definition) is 2. The number of nitrogens with zero attached hydrogens (tertiary/aromatic N) is 4. The van der Waals surface area contributed by atoms with Gasteiger partial charge in [-0.05, 0) is 52.9 Å². The first-order chi connectivity index (χ1) is 16.7. The average Bonchev–Trinajstić information content (AvgIpc) is 2.84. The molecule has 1 aromatic heterocycles. The van der Waals surface area contributed by atoms with Gasteiger partial charge in [0.05, 0.1) is 6.26 Å². The van der Waals surface area contributed by atoms with Crippen molar-refractivity contribution in [2.24, 2.45) is 0 Å². The van der Waals surface area contributed by atoms with Crippen LogP contribution in [0.4, 0.5) is 5.82 Å². The van der Waals surface area contributed by atoms with E-state index in [2.05, 4.69) is 45.1 Å². The number of piperazine rings is 1. The summed E-state index contributed by atoms with van der Waals surface area (Å²) >= 11 is 0. The van der Waals surface area contributed by atoms with Crippen LogP contribution in [-0.4, -0.2) is 67.0 Å². The monoisotopic (exact) mass is 495 g/mol. The fourth-order valence-corrected chi connectivity index (χ4v) is 4.63. The molecule has 1 aliphatic rings. The van der Waals surface area contributed by atoms with Gasteiger partial charge in [-0.25, -0.2) is 13.1 Å². The van der Waals surface area contributed by atoms with Crippen LogP contribution in [0.15, 0.2) is 54.6 Å². The van der Waals surface area contributed by atoms with Gasteiger partial charge in [0.1, 0.15) is 5.75 Å². The molecule has 9 nitrogen and oxygen atoms in total. The molecule has 184 valence electrons. The van der Waals surface area contributed by atoms with Crippen LogP contribution in [-0.2, 0) is 23.0 Å². The predicted molar refractivity (Wildman–Crippen MR) is 135 cm³/mol. The van der Waals surface area contributed by atoms with Gasteiger partial charge >= 0.3 is 0 Å². The summed E-state index contributed by atoms with van der Waals surface area (Å²) in [6.45, 7) is 6.26. The van der Waals surface area contributed by atoms with Crippen LogP contribution in [0.3, 0.4) is 0 Å². The molecule has 10 heteroatoms. The Balaban J connectivity index is 1.36. The molecule has 1 saturated heterocycles. The summed E-state index contributed by atoms with van der Waals surface area (Å²) in [7, 11) is -3.65. The van der Waals surface area contributed by atoms with Crippen LogP contribution in [0, 0.1) is 0 Å². The third kappa shape index (κ3) is 6.34. The summed E-state index contributed by atoms with van der Waals surface area (Å²) in [5, 5.41) is 17.8. The first-order valence-electron chi connectivity index (χ1n) is 11.5. The lowest BCUT2D eigenvalue weighted by Gasteiger charge is -2.35. The molecule has 0 atom stereocenters. The van der Waals surface area contributed by atoms with Gasteiger partial charge < -0.3 is 10.0 Å². The number of sulfonamides is 1. The molecule has 2 heterocycles. The SMILES string of the molecule is CCc1cc(-c2cccc(O)c2)ccc1CN1CCN(c2ccc(C(=O)NS(C)(=O)=O)nn2)CC1. The molecule has 0 bridgehead atoms. The highest BCUT2D eigenvalue weighted by atomic mass is 32.2. The maximum absolute atomic E-state index is 11.9. The standard InChI is InChI=1S/C25H29N5O4S/c1-3-18-15-20(19-5-4-6-22(31)16-19)7-8-21(18)17-29-11-13-30(14-12-29)24-10-9-23(26-27-24)25(32)28-35(2,33)34/h4-10,15-16,31H,3,11-14,17H2,1-2H3,(H,28,32). The number of carbonyl (C=O) groups excluding carboxylic acids is 1. The topological polar surface area (TPSA) is 116 Å². The molecular formula is C25H29N5O4S. The van der Waals surface area contributed by atoms with Crippen molar-refractivity contribution in [1.29, 1.82) is 0 Å².